The fourth-order valence-electron chi connectivity index (χ4n) is 3.00. The lowest BCUT2D eigenvalue weighted by Gasteiger charge is -2.30. The molecule has 2 heteroatoms. The first-order chi connectivity index (χ1) is 9.06. The van der Waals surface area contributed by atoms with Crippen molar-refractivity contribution in [2.75, 3.05) is 0 Å². The van der Waals surface area contributed by atoms with Crippen molar-refractivity contribution in [3.63, 3.8) is 0 Å². The molecule has 1 aromatic carbocycles. The van der Waals surface area contributed by atoms with Gasteiger partial charge in [-0.3, -0.25) is 0 Å². The number of benzene rings is 1. The van der Waals surface area contributed by atoms with Crippen LogP contribution in [0.5, 0.6) is 0 Å². The monoisotopic (exact) mass is 260 g/mol. The Morgan fingerprint density at radius 1 is 1.05 bits per heavy atom. The van der Waals surface area contributed by atoms with Gasteiger partial charge in [-0.2, -0.15) is 0 Å². The summed E-state index contributed by atoms with van der Waals surface area (Å²) in [6, 6.07) is 10.4. The molecule has 1 aromatic rings. The summed E-state index contributed by atoms with van der Waals surface area (Å²) in [7, 11) is 0. The summed E-state index contributed by atoms with van der Waals surface area (Å²) in [5.41, 5.74) is 8.84. The van der Waals surface area contributed by atoms with Crippen LogP contribution in [0.2, 0.25) is 0 Å². The molecule has 0 radical (unpaired) electrons. The van der Waals surface area contributed by atoms with Gasteiger partial charge in [0, 0.05) is 18.1 Å². The zero-order chi connectivity index (χ0) is 13.8. The van der Waals surface area contributed by atoms with Crippen molar-refractivity contribution in [1.29, 1.82) is 0 Å². The minimum Gasteiger partial charge on any atom is -0.328 e. The van der Waals surface area contributed by atoms with Crippen molar-refractivity contribution in [1.82, 2.24) is 5.32 Å². The molecule has 0 aromatic heterocycles. The lowest BCUT2D eigenvalue weighted by Crippen LogP contribution is -2.40. The standard InChI is InChI=1S/C17H28N2/c1-12(2)14-7-9-15(10-8-14)13(3)19-17-6-4-5-16(18)11-17/h7-10,12-13,16-17,19H,4-6,11,18H2,1-3H3. The van der Waals surface area contributed by atoms with Gasteiger partial charge in [-0.15, -0.1) is 0 Å². The highest BCUT2D eigenvalue weighted by Crippen LogP contribution is 2.22. The third-order valence-electron chi connectivity index (χ3n) is 4.30. The van der Waals surface area contributed by atoms with Gasteiger partial charge in [0.2, 0.25) is 0 Å². The summed E-state index contributed by atoms with van der Waals surface area (Å²) in [6.45, 7) is 6.73. The van der Waals surface area contributed by atoms with E-state index < -0.39 is 0 Å². The third-order valence-corrected chi connectivity index (χ3v) is 4.30. The third kappa shape index (κ3) is 4.05. The Bertz CT molecular complexity index is 383. The Kier molecular flexibility index (Phi) is 5.00. The number of rotatable bonds is 4. The molecule has 0 saturated heterocycles. The van der Waals surface area contributed by atoms with Gasteiger partial charge in [-0.25, -0.2) is 0 Å². The molecule has 0 heterocycles. The van der Waals surface area contributed by atoms with Crippen LogP contribution < -0.4 is 11.1 Å². The van der Waals surface area contributed by atoms with Gasteiger partial charge in [0.25, 0.3) is 0 Å². The Balaban J connectivity index is 1.93. The smallest absolute Gasteiger partial charge is 0.0294 e. The molecule has 3 N–H and O–H groups in total. The van der Waals surface area contributed by atoms with E-state index in [1.54, 1.807) is 0 Å². The molecule has 106 valence electrons. The largest absolute Gasteiger partial charge is 0.328 e. The van der Waals surface area contributed by atoms with Crippen molar-refractivity contribution in [2.24, 2.45) is 5.73 Å². The second kappa shape index (κ2) is 6.53. The highest BCUT2D eigenvalue weighted by molar-refractivity contribution is 5.26. The molecule has 19 heavy (non-hydrogen) atoms. The van der Waals surface area contributed by atoms with E-state index in [0.717, 1.165) is 6.42 Å². The average molecular weight is 260 g/mol. The van der Waals surface area contributed by atoms with Gasteiger partial charge < -0.3 is 11.1 Å². The maximum Gasteiger partial charge on any atom is 0.0294 e. The van der Waals surface area contributed by atoms with Gasteiger partial charge in [-0.1, -0.05) is 44.5 Å². The maximum absolute atomic E-state index is 6.05. The SMILES string of the molecule is CC(C)c1ccc(C(C)NC2CCCC(N)C2)cc1. The normalized spacial score (nSPS) is 25.5. The molecule has 2 nitrogen and oxygen atoms in total. The molecule has 3 unspecified atom stereocenters. The molecule has 0 bridgehead atoms. The summed E-state index contributed by atoms with van der Waals surface area (Å²) in [4.78, 5) is 0. The lowest BCUT2D eigenvalue weighted by molar-refractivity contribution is 0.319. The first-order valence-electron chi connectivity index (χ1n) is 7.67. The second-order valence-corrected chi connectivity index (χ2v) is 6.33. The predicted molar refractivity (Wildman–Crippen MR) is 82.3 cm³/mol. The topological polar surface area (TPSA) is 38.0 Å². The minimum absolute atomic E-state index is 0.391. The van der Waals surface area contributed by atoms with Crippen LogP contribution in [0.1, 0.15) is 69.5 Å². The molecular weight excluding hydrogens is 232 g/mol. The van der Waals surface area contributed by atoms with Crippen molar-refractivity contribution in [3.05, 3.63) is 35.4 Å². The van der Waals surface area contributed by atoms with Crippen molar-refractivity contribution >= 4 is 0 Å². The number of hydrogen-bond acceptors (Lipinski definition) is 2. The van der Waals surface area contributed by atoms with Gasteiger partial charge in [0.15, 0.2) is 0 Å². The van der Waals surface area contributed by atoms with Crippen molar-refractivity contribution in [3.8, 4) is 0 Å². The molecule has 1 aliphatic rings. The molecular formula is C17H28N2. The number of hydrogen-bond donors (Lipinski definition) is 2. The van der Waals surface area contributed by atoms with E-state index in [1.807, 2.05) is 0 Å². The Morgan fingerprint density at radius 2 is 1.68 bits per heavy atom. The van der Waals surface area contributed by atoms with Gasteiger partial charge in [0.1, 0.15) is 0 Å². The van der Waals surface area contributed by atoms with Crippen LogP contribution in [-0.4, -0.2) is 12.1 Å². The molecule has 0 spiro atoms. The summed E-state index contributed by atoms with van der Waals surface area (Å²) in [5.74, 6) is 0.605. The van der Waals surface area contributed by atoms with Crippen molar-refractivity contribution in [2.45, 2.75) is 70.5 Å². The van der Waals surface area contributed by atoms with Crippen LogP contribution in [0.3, 0.4) is 0 Å². The fraction of sp³-hybridized carbons (Fsp3) is 0.647. The first kappa shape index (κ1) is 14.5. The van der Waals surface area contributed by atoms with E-state index >= 15 is 0 Å². The van der Waals surface area contributed by atoms with Gasteiger partial charge in [-0.05, 0) is 43.2 Å². The van der Waals surface area contributed by atoms with E-state index in [2.05, 4.69) is 50.4 Å². The summed E-state index contributed by atoms with van der Waals surface area (Å²) >= 11 is 0. The molecule has 0 amide bonds. The van der Waals surface area contributed by atoms with Crippen LogP contribution in [0.15, 0.2) is 24.3 Å². The Morgan fingerprint density at radius 3 is 2.26 bits per heavy atom. The zero-order valence-corrected chi connectivity index (χ0v) is 12.5. The molecule has 0 aliphatic heterocycles. The van der Waals surface area contributed by atoms with Crippen molar-refractivity contribution < 1.29 is 0 Å². The highest BCUT2D eigenvalue weighted by Gasteiger charge is 2.20. The van der Waals surface area contributed by atoms with E-state index in [9.17, 15) is 0 Å². The van der Waals surface area contributed by atoms with E-state index in [4.69, 9.17) is 5.73 Å². The highest BCUT2D eigenvalue weighted by atomic mass is 15.0. The molecule has 1 saturated carbocycles. The van der Waals surface area contributed by atoms with Crippen LogP contribution in [0.4, 0.5) is 0 Å². The summed E-state index contributed by atoms with van der Waals surface area (Å²) in [5, 5.41) is 3.73. The second-order valence-electron chi connectivity index (χ2n) is 6.33. The fourth-order valence-corrected chi connectivity index (χ4v) is 3.00. The van der Waals surface area contributed by atoms with Crippen LogP contribution in [0, 0.1) is 0 Å². The number of nitrogens with two attached hydrogens (primary N) is 1. The summed E-state index contributed by atoms with van der Waals surface area (Å²) in [6.07, 6.45) is 4.84. The van der Waals surface area contributed by atoms with Gasteiger partial charge in [0.05, 0.1) is 0 Å². The predicted octanol–water partition coefficient (Wildman–Crippen LogP) is 3.73. The first-order valence-corrected chi connectivity index (χ1v) is 7.67. The van der Waals surface area contributed by atoms with Crippen LogP contribution in [-0.2, 0) is 0 Å². The Labute approximate surface area is 117 Å². The van der Waals surface area contributed by atoms with Crippen LogP contribution >= 0.6 is 0 Å². The van der Waals surface area contributed by atoms with Crippen LogP contribution in [0.25, 0.3) is 0 Å². The molecule has 3 atom stereocenters. The average Bonchev–Trinajstić information content (AvgIpc) is 2.39. The molecule has 1 fully saturated rings. The minimum atomic E-state index is 0.391. The van der Waals surface area contributed by atoms with E-state index in [-0.39, 0.29) is 0 Å². The quantitative estimate of drug-likeness (QED) is 0.865. The zero-order valence-electron chi connectivity index (χ0n) is 12.5. The molecule has 1 aliphatic carbocycles. The molecule has 2 rings (SSSR count). The van der Waals surface area contributed by atoms with Gasteiger partial charge >= 0.3 is 0 Å². The Hall–Kier alpha value is -0.860. The maximum atomic E-state index is 6.05. The lowest BCUT2D eigenvalue weighted by atomic mass is 9.90. The summed E-state index contributed by atoms with van der Waals surface area (Å²) < 4.78 is 0. The number of nitrogens with one attached hydrogen (secondary N) is 1. The van der Waals surface area contributed by atoms with E-state index in [1.165, 1.54) is 30.4 Å². The van der Waals surface area contributed by atoms with E-state index in [0.29, 0.717) is 24.0 Å².